The Labute approximate surface area is 132 Å². The molecule has 0 unspecified atom stereocenters. The number of amides is 1. The molecule has 2 aromatic rings. The van der Waals surface area contributed by atoms with E-state index in [0.29, 0.717) is 19.0 Å². The molecule has 22 heavy (non-hydrogen) atoms. The highest BCUT2D eigenvalue weighted by molar-refractivity contribution is 7.09. The Morgan fingerprint density at radius 3 is 2.59 bits per heavy atom. The molecule has 1 saturated heterocycles. The highest BCUT2D eigenvalue weighted by atomic mass is 32.1. The third kappa shape index (κ3) is 3.35. The monoisotopic (exact) mass is 321 g/mol. The minimum absolute atomic E-state index is 0.214. The number of thiophene rings is 1. The van der Waals surface area contributed by atoms with E-state index in [4.69, 9.17) is 0 Å². The number of rotatable bonds is 3. The molecule has 0 spiro atoms. The third-order valence-corrected chi connectivity index (χ3v) is 5.04. The fraction of sp³-hybridized carbons (Fsp3) is 0.353. The van der Waals surface area contributed by atoms with E-state index >= 15 is 0 Å². The normalized spacial score (nSPS) is 16.0. The molecule has 1 aromatic heterocycles. The standard InChI is InChI=1S/C17H17F2NOS/c18-15-4-3-13(11-16(15)19)17(21)20-7-5-12(6-8-20)10-14-2-1-9-22-14/h1-4,9,11-12H,5-8,10H2. The Hall–Kier alpha value is -1.75. The molecule has 0 bridgehead atoms. The Morgan fingerprint density at radius 1 is 1.18 bits per heavy atom. The molecule has 1 aromatic carbocycles. The van der Waals surface area contributed by atoms with Crippen LogP contribution in [0.15, 0.2) is 35.7 Å². The lowest BCUT2D eigenvalue weighted by Gasteiger charge is -2.32. The molecule has 5 heteroatoms. The van der Waals surface area contributed by atoms with Crippen molar-refractivity contribution in [3.8, 4) is 0 Å². The van der Waals surface area contributed by atoms with Gasteiger partial charge in [-0.05, 0) is 54.8 Å². The number of likely N-dealkylation sites (tertiary alicyclic amines) is 1. The van der Waals surface area contributed by atoms with Gasteiger partial charge in [-0.25, -0.2) is 8.78 Å². The minimum Gasteiger partial charge on any atom is -0.339 e. The van der Waals surface area contributed by atoms with Gasteiger partial charge in [0.1, 0.15) is 0 Å². The van der Waals surface area contributed by atoms with Crippen LogP contribution in [0.4, 0.5) is 8.78 Å². The topological polar surface area (TPSA) is 20.3 Å². The second-order valence-electron chi connectivity index (χ2n) is 5.65. The molecule has 1 aliphatic heterocycles. The van der Waals surface area contributed by atoms with Crippen molar-refractivity contribution < 1.29 is 13.6 Å². The molecule has 3 rings (SSSR count). The van der Waals surface area contributed by atoms with E-state index in [-0.39, 0.29) is 11.5 Å². The molecule has 116 valence electrons. The highest BCUT2D eigenvalue weighted by Crippen LogP contribution is 2.25. The van der Waals surface area contributed by atoms with Gasteiger partial charge in [0.15, 0.2) is 11.6 Å². The summed E-state index contributed by atoms with van der Waals surface area (Å²) < 4.78 is 26.2. The van der Waals surface area contributed by atoms with Gasteiger partial charge >= 0.3 is 0 Å². The SMILES string of the molecule is O=C(c1ccc(F)c(F)c1)N1CCC(Cc2cccs2)CC1. The van der Waals surface area contributed by atoms with E-state index in [0.717, 1.165) is 31.4 Å². The first-order valence-electron chi connectivity index (χ1n) is 7.40. The number of carbonyl (C=O) groups is 1. The van der Waals surface area contributed by atoms with Crippen LogP contribution in [0, 0.1) is 17.6 Å². The molecule has 2 nitrogen and oxygen atoms in total. The van der Waals surface area contributed by atoms with Crippen LogP contribution in [-0.4, -0.2) is 23.9 Å². The minimum atomic E-state index is -0.974. The Balaban J connectivity index is 1.58. The maximum absolute atomic E-state index is 13.2. The molecular formula is C17H17F2NOS. The predicted octanol–water partition coefficient (Wildman–Crippen LogP) is 4.12. The van der Waals surface area contributed by atoms with Crippen molar-refractivity contribution in [1.29, 1.82) is 0 Å². The molecule has 0 aliphatic carbocycles. The summed E-state index contributed by atoms with van der Waals surface area (Å²) in [6.45, 7) is 1.35. The van der Waals surface area contributed by atoms with E-state index in [9.17, 15) is 13.6 Å². The van der Waals surface area contributed by atoms with Crippen LogP contribution in [0.1, 0.15) is 28.1 Å². The van der Waals surface area contributed by atoms with Gasteiger partial charge in [0.25, 0.3) is 5.91 Å². The van der Waals surface area contributed by atoms with E-state index in [1.807, 2.05) is 0 Å². The molecule has 0 N–H and O–H groups in total. The lowest BCUT2D eigenvalue weighted by Crippen LogP contribution is -2.38. The van der Waals surface area contributed by atoms with Crippen LogP contribution in [0.2, 0.25) is 0 Å². The second kappa shape index (κ2) is 6.57. The van der Waals surface area contributed by atoms with Gasteiger partial charge in [-0.15, -0.1) is 11.3 Å². The lowest BCUT2D eigenvalue weighted by molar-refractivity contribution is 0.0690. The van der Waals surface area contributed by atoms with Crippen LogP contribution in [0.5, 0.6) is 0 Å². The average molecular weight is 321 g/mol. The number of carbonyl (C=O) groups excluding carboxylic acids is 1. The van der Waals surface area contributed by atoms with Crippen molar-refractivity contribution >= 4 is 17.2 Å². The number of hydrogen-bond acceptors (Lipinski definition) is 2. The fourth-order valence-electron chi connectivity index (χ4n) is 2.87. The van der Waals surface area contributed by atoms with E-state index in [1.165, 1.54) is 10.9 Å². The van der Waals surface area contributed by atoms with Gasteiger partial charge in [-0.1, -0.05) is 6.07 Å². The second-order valence-corrected chi connectivity index (χ2v) is 6.68. The zero-order valence-electron chi connectivity index (χ0n) is 12.1. The number of nitrogens with zero attached hydrogens (tertiary/aromatic N) is 1. The third-order valence-electron chi connectivity index (χ3n) is 4.14. The average Bonchev–Trinajstić information content (AvgIpc) is 3.03. The number of halogens is 2. The van der Waals surface area contributed by atoms with Crippen LogP contribution in [0.25, 0.3) is 0 Å². The highest BCUT2D eigenvalue weighted by Gasteiger charge is 2.24. The molecule has 0 radical (unpaired) electrons. The van der Waals surface area contributed by atoms with Crippen LogP contribution < -0.4 is 0 Å². The van der Waals surface area contributed by atoms with Crippen molar-refractivity contribution in [2.24, 2.45) is 5.92 Å². The molecule has 1 fully saturated rings. The summed E-state index contributed by atoms with van der Waals surface area (Å²) in [5, 5.41) is 2.08. The summed E-state index contributed by atoms with van der Waals surface area (Å²) in [7, 11) is 0. The fourth-order valence-corrected chi connectivity index (χ4v) is 3.69. The maximum atomic E-state index is 13.2. The summed E-state index contributed by atoms with van der Waals surface area (Å²) >= 11 is 1.77. The summed E-state index contributed by atoms with van der Waals surface area (Å²) in [5.74, 6) is -1.52. The summed E-state index contributed by atoms with van der Waals surface area (Å²) in [6, 6.07) is 7.53. The zero-order valence-corrected chi connectivity index (χ0v) is 12.9. The Bertz CT molecular complexity index is 649. The molecule has 2 heterocycles. The van der Waals surface area contributed by atoms with Gasteiger partial charge in [0, 0.05) is 23.5 Å². The van der Waals surface area contributed by atoms with Gasteiger partial charge in [0.2, 0.25) is 0 Å². The van der Waals surface area contributed by atoms with Crippen molar-refractivity contribution in [3.05, 3.63) is 57.8 Å². The Kier molecular flexibility index (Phi) is 4.52. The number of hydrogen-bond donors (Lipinski definition) is 0. The summed E-state index contributed by atoms with van der Waals surface area (Å²) in [4.78, 5) is 15.4. The number of benzene rings is 1. The quantitative estimate of drug-likeness (QED) is 0.833. The van der Waals surface area contributed by atoms with E-state index in [1.54, 1.807) is 16.2 Å². The first-order chi connectivity index (χ1) is 10.6. The van der Waals surface area contributed by atoms with Crippen molar-refractivity contribution in [2.75, 3.05) is 13.1 Å². The van der Waals surface area contributed by atoms with E-state index in [2.05, 4.69) is 17.5 Å². The van der Waals surface area contributed by atoms with Gasteiger partial charge in [0.05, 0.1) is 0 Å². The lowest BCUT2D eigenvalue weighted by atomic mass is 9.92. The van der Waals surface area contributed by atoms with Gasteiger partial charge in [-0.3, -0.25) is 4.79 Å². The largest absolute Gasteiger partial charge is 0.339 e. The van der Waals surface area contributed by atoms with Gasteiger partial charge in [-0.2, -0.15) is 0 Å². The van der Waals surface area contributed by atoms with Crippen LogP contribution in [0.3, 0.4) is 0 Å². The molecule has 1 aliphatic rings. The van der Waals surface area contributed by atoms with Crippen LogP contribution >= 0.6 is 11.3 Å². The molecule has 0 saturated carbocycles. The number of piperidine rings is 1. The zero-order chi connectivity index (χ0) is 15.5. The van der Waals surface area contributed by atoms with Crippen molar-refractivity contribution in [3.63, 3.8) is 0 Å². The van der Waals surface area contributed by atoms with Crippen molar-refractivity contribution in [1.82, 2.24) is 4.90 Å². The summed E-state index contributed by atoms with van der Waals surface area (Å²) in [6.07, 6.45) is 2.96. The molecule has 0 atom stereocenters. The summed E-state index contributed by atoms with van der Waals surface area (Å²) in [5.41, 5.74) is 0.218. The van der Waals surface area contributed by atoms with Crippen molar-refractivity contribution in [2.45, 2.75) is 19.3 Å². The first-order valence-corrected chi connectivity index (χ1v) is 8.28. The van der Waals surface area contributed by atoms with E-state index < -0.39 is 11.6 Å². The first kappa shape index (κ1) is 15.2. The molecule has 1 amide bonds. The smallest absolute Gasteiger partial charge is 0.253 e. The van der Waals surface area contributed by atoms with Crippen LogP contribution in [-0.2, 0) is 6.42 Å². The molecular weight excluding hydrogens is 304 g/mol. The predicted molar refractivity (Wildman–Crippen MR) is 83.0 cm³/mol. The maximum Gasteiger partial charge on any atom is 0.253 e. The Morgan fingerprint density at radius 2 is 1.95 bits per heavy atom. The van der Waals surface area contributed by atoms with Gasteiger partial charge < -0.3 is 4.90 Å².